The van der Waals surface area contributed by atoms with Crippen LogP contribution in [0.4, 0.5) is 0 Å². The third-order valence-corrected chi connectivity index (χ3v) is 4.05. The molecule has 1 amide bonds. The van der Waals surface area contributed by atoms with Crippen LogP contribution in [0.3, 0.4) is 0 Å². The van der Waals surface area contributed by atoms with Crippen LogP contribution in [-0.4, -0.2) is 43.6 Å². The lowest BCUT2D eigenvalue weighted by Gasteiger charge is -2.19. The van der Waals surface area contributed by atoms with E-state index in [1.54, 1.807) is 0 Å². The molecule has 0 unspecified atom stereocenters. The van der Waals surface area contributed by atoms with Crippen LogP contribution in [-0.2, 0) is 11.2 Å². The average Bonchev–Trinajstić information content (AvgIpc) is 2.78. The van der Waals surface area contributed by atoms with Crippen molar-refractivity contribution in [2.75, 3.05) is 32.8 Å². The molecular formula is C18H28N2O2. The van der Waals surface area contributed by atoms with E-state index in [0.29, 0.717) is 13.0 Å². The van der Waals surface area contributed by atoms with E-state index in [-0.39, 0.29) is 5.91 Å². The van der Waals surface area contributed by atoms with Gasteiger partial charge in [0.1, 0.15) is 5.75 Å². The fraction of sp³-hybridized carbons (Fsp3) is 0.611. The number of hydrogen-bond acceptors (Lipinski definition) is 3. The molecule has 1 aliphatic heterocycles. The van der Waals surface area contributed by atoms with Crippen LogP contribution in [0.1, 0.15) is 38.2 Å². The smallest absolute Gasteiger partial charge is 0.224 e. The van der Waals surface area contributed by atoms with Gasteiger partial charge in [-0.2, -0.15) is 0 Å². The number of nitrogens with one attached hydrogen (secondary N) is 1. The fourth-order valence-corrected chi connectivity index (χ4v) is 2.83. The number of ether oxygens (including phenoxy) is 1. The highest BCUT2D eigenvalue weighted by molar-refractivity contribution is 5.78. The molecule has 1 aromatic rings. The van der Waals surface area contributed by atoms with Crippen molar-refractivity contribution in [3.63, 3.8) is 0 Å². The molecule has 0 spiro atoms. The predicted molar refractivity (Wildman–Crippen MR) is 89.2 cm³/mol. The zero-order valence-electron chi connectivity index (χ0n) is 13.6. The molecule has 122 valence electrons. The minimum atomic E-state index is 0.0963. The highest BCUT2D eigenvalue weighted by Gasteiger charge is 2.09. The summed E-state index contributed by atoms with van der Waals surface area (Å²) in [4.78, 5) is 14.4. The van der Waals surface area contributed by atoms with E-state index in [0.717, 1.165) is 24.4 Å². The van der Waals surface area contributed by atoms with E-state index >= 15 is 0 Å². The van der Waals surface area contributed by atoms with E-state index in [9.17, 15) is 4.79 Å². The maximum absolute atomic E-state index is 12.0. The molecule has 4 nitrogen and oxygen atoms in total. The van der Waals surface area contributed by atoms with Crippen LogP contribution in [0.15, 0.2) is 24.3 Å². The maximum Gasteiger partial charge on any atom is 0.224 e. The molecule has 0 aliphatic carbocycles. The Morgan fingerprint density at radius 3 is 2.45 bits per heavy atom. The van der Waals surface area contributed by atoms with Gasteiger partial charge in [-0.15, -0.1) is 0 Å². The first kappa shape index (κ1) is 16.8. The van der Waals surface area contributed by atoms with Crippen LogP contribution in [0, 0.1) is 0 Å². The first-order valence-electron chi connectivity index (χ1n) is 8.48. The standard InChI is InChI=1S/C18H28N2O2/c1-2-22-17-9-7-16(8-10-17)15-18(21)19-11-14-20-12-5-3-4-6-13-20/h7-10H,2-6,11-15H2,1H3,(H,19,21). The van der Waals surface area contributed by atoms with E-state index in [4.69, 9.17) is 4.74 Å². The number of benzene rings is 1. The predicted octanol–water partition coefficient (Wildman–Crippen LogP) is 2.62. The molecule has 0 radical (unpaired) electrons. The van der Waals surface area contributed by atoms with Crippen molar-refractivity contribution >= 4 is 5.91 Å². The number of nitrogens with zero attached hydrogens (tertiary/aromatic N) is 1. The summed E-state index contributed by atoms with van der Waals surface area (Å²) in [6, 6.07) is 7.76. The van der Waals surface area contributed by atoms with Crippen molar-refractivity contribution in [2.24, 2.45) is 0 Å². The summed E-state index contributed by atoms with van der Waals surface area (Å²) in [6.45, 7) is 6.69. The summed E-state index contributed by atoms with van der Waals surface area (Å²) in [6.07, 6.45) is 5.72. The molecular weight excluding hydrogens is 276 g/mol. The Kier molecular flexibility index (Phi) is 7.23. The summed E-state index contributed by atoms with van der Waals surface area (Å²) in [5.41, 5.74) is 1.02. The number of likely N-dealkylation sites (tertiary alicyclic amines) is 1. The van der Waals surface area contributed by atoms with E-state index in [1.807, 2.05) is 31.2 Å². The molecule has 1 heterocycles. The zero-order valence-corrected chi connectivity index (χ0v) is 13.6. The lowest BCUT2D eigenvalue weighted by Crippen LogP contribution is -2.36. The van der Waals surface area contributed by atoms with Crippen molar-refractivity contribution in [2.45, 2.75) is 39.0 Å². The molecule has 0 bridgehead atoms. The molecule has 1 fully saturated rings. The van der Waals surface area contributed by atoms with Crippen molar-refractivity contribution < 1.29 is 9.53 Å². The molecule has 1 aromatic carbocycles. The topological polar surface area (TPSA) is 41.6 Å². The normalized spacial score (nSPS) is 16.0. The van der Waals surface area contributed by atoms with Gasteiger partial charge in [0.25, 0.3) is 0 Å². The van der Waals surface area contributed by atoms with Crippen LogP contribution in [0.25, 0.3) is 0 Å². The Morgan fingerprint density at radius 2 is 1.82 bits per heavy atom. The van der Waals surface area contributed by atoms with Gasteiger partial charge in [-0.1, -0.05) is 25.0 Å². The van der Waals surface area contributed by atoms with Crippen molar-refractivity contribution in [1.29, 1.82) is 0 Å². The Morgan fingerprint density at radius 1 is 1.14 bits per heavy atom. The van der Waals surface area contributed by atoms with Gasteiger partial charge in [0.05, 0.1) is 13.0 Å². The Hall–Kier alpha value is -1.55. The number of amides is 1. The summed E-state index contributed by atoms with van der Waals surface area (Å²) in [7, 11) is 0. The van der Waals surface area contributed by atoms with Crippen molar-refractivity contribution in [1.82, 2.24) is 10.2 Å². The fourth-order valence-electron chi connectivity index (χ4n) is 2.83. The Labute approximate surface area is 133 Å². The minimum Gasteiger partial charge on any atom is -0.494 e. The lowest BCUT2D eigenvalue weighted by molar-refractivity contribution is -0.120. The quantitative estimate of drug-likeness (QED) is 0.842. The van der Waals surface area contributed by atoms with Gasteiger partial charge in [0.2, 0.25) is 5.91 Å². The number of hydrogen-bond donors (Lipinski definition) is 1. The number of carbonyl (C=O) groups excluding carboxylic acids is 1. The zero-order chi connectivity index (χ0) is 15.6. The Bertz CT molecular complexity index is 437. The minimum absolute atomic E-state index is 0.0963. The molecule has 4 heteroatoms. The van der Waals surface area contributed by atoms with Gasteiger partial charge in [0, 0.05) is 13.1 Å². The largest absolute Gasteiger partial charge is 0.494 e. The van der Waals surface area contributed by atoms with Gasteiger partial charge in [-0.3, -0.25) is 4.79 Å². The van der Waals surface area contributed by atoms with Gasteiger partial charge < -0.3 is 15.0 Å². The first-order valence-corrected chi connectivity index (χ1v) is 8.48. The molecule has 0 saturated carbocycles. The highest BCUT2D eigenvalue weighted by Crippen LogP contribution is 2.12. The van der Waals surface area contributed by atoms with Crippen LogP contribution in [0.2, 0.25) is 0 Å². The SMILES string of the molecule is CCOc1ccc(CC(=O)NCCN2CCCCCC2)cc1. The van der Waals surface area contributed by atoms with Gasteiger partial charge >= 0.3 is 0 Å². The molecule has 0 atom stereocenters. The summed E-state index contributed by atoms with van der Waals surface area (Å²) in [5.74, 6) is 0.951. The second-order valence-corrected chi connectivity index (χ2v) is 5.86. The number of carbonyl (C=O) groups is 1. The van der Waals surface area contributed by atoms with E-state index < -0.39 is 0 Å². The van der Waals surface area contributed by atoms with Gasteiger partial charge in [-0.05, 0) is 50.6 Å². The van der Waals surface area contributed by atoms with E-state index in [1.165, 1.54) is 38.8 Å². The molecule has 1 aliphatic rings. The maximum atomic E-state index is 12.0. The first-order chi connectivity index (χ1) is 10.8. The van der Waals surface area contributed by atoms with Crippen molar-refractivity contribution in [3.8, 4) is 5.75 Å². The highest BCUT2D eigenvalue weighted by atomic mass is 16.5. The third kappa shape index (κ3) is 6.06. The van der Waals surface area contributed by atoms with Crippen molar-refractivity contribution in [3.05, 3.63) is 29.8 Å². The van der Waals surface area contributed by atoms with Gasteiger partial charge in [0.15, 0.2) is 0 Å². The third-order valence-electron chi connectivity index (χ3n) is 4.05. The second kappa shape index (κ2) is 9.46. The van der Waals surface area contributed by atoms with Crippen LogP contribution < -0.4 is 10.1 Å². The number of rotatable bonds is 7. The van der Waals surface area contributed by atoms with E-state index in [2.05, 4.69) is 10.2 Å². The monoisotopic (exact) mass is 304 g/mol. The summed E-state index contributed by atoms with van der Waals surface area (Å²) in [5, 5.41) is 3.03. The molecule has 1 N–H and O–H groups in total. The second-order valence-electron chi connectivity index (χ2n) is 5.86. The molecule has 0 aromatic heterocycles. The van der Waals surface area contributed by atoms with Crippen LogP contribution in [0.5, 0.6) is 5.75 Å². The summed E-state index contributed by atoms with van der Waals surface area (Å²) >= 11 is 0. The van der Waals surface area contributed by atoms with Crippen LogP contribution >= 0.6 is 0 Å². The van der Waals surface area contributed by atoms with Gasteiger partial charge in [-0.25, -0.2) is 0 Å². The molecule has 22 heavy (non-hydrogen) atoms. The lowest BCUT2D eigenvalue weighted by atomic mass is 10.1. The summed E-state index contributed by atoms with van der Waals surface area (Å²) < 4.78 is 5.40. The molecule has 2 rings (SSSR count). The Balaban J connectivity index is 1.66. The molecule has 1 saturated heterocycles. The average molecular weight is 304 g/mol.